The highest BCUT2D eigenvalue weighted by atomic mass is 32.1. The molecule has 1 rings (SSSR count). The molecule has 10 heteroatoms. The lowest BCUT2D eigenvalue weighted by Gasteiger charge is -2.40. The number of aliphatic hydroxyl groups excluding tert-OH is 1. The molecule has 0 saturated carbocycles. The fraction of sp³-hybridized carbons (Fsp3) is 1.00. The number of thiol groups is 2. The molecule has 7 atom stereocenters. The Morgan fingerprint density at radius 2 is 1.67 bits per heavy atom. The highest BCUT2D eigenvalue weighted by Crippen LogP contribution is 2.30. The van der Waals surface area contributed by atoms with Gasteiger partial charge in [-0.2, -0.15) is 0 Å². The summed E-state index contributed by atoms with van der Waals surface area (Å²) in [4.78, 5) is 0. The van der Waals surface area contributed by atoms with E-state index in [9.17, 15) is 5.11 Å². The summed E-state index contributed by atoms with van der Waals surface area (Å²) in [5, 5.41) is 9.75. The van der Waals surface area contributed by atoms with E-state index in [2.05, 4.69) is 25.8 Å². The Kier molecular flexibility index (Phi) is 6.63. The summed E-state index contributed by atoms with van der Waals surface area (Å²) in [5.41, 5.74) is 0. The van der Waals surface area contributed by atoms with Crippen molar-refractivity contribution in [1.29, 1.82) is 0 Å². The van der Waals surface area contributed by atoms with Gasteiger partial charge in [-0.1, -0.05) is 0 Å². The minimum atomic E-state index is -1.03. The van der Waals surface area contributed by atoms with Crippen molar-refractivity contribution >= 4 is 44.8 Å². The van der Waals surface area contributed by atoms with Crippen LogP contribution in [0.4, 0.5) is 0 Å². The molecule has 1 N–H and O–H groups in total. The third-order valence-electron chi connectivity index (χ3n) is 1.99. The second kappa shape index (κ2) is 6.91. The molecule has 15 heavy (non-hydrogen) atoms. The molecule has 2 unspecified atom stereocenters. The van der Waals surface area contributed by atoms with Crippen molar-refractivity contribution in [3.63, 3.8) is 0 Å². The fourth-order valence-electron chi connectivity index (χ4n) is 1.26. The number of hydrogen-bond donors (Lipinski definition) is 3. The zero-order chi connectivity index (χ0) is 11.4. The Morgan fingerprint density at radius 3 is 2.07 bits per heavy atom. The zero-order valence-electron chi connectivity index (χ0n) is 7.42. The molecule has 0 aromatic carbocycles. The van der Waals surface area contributed by atoms with Crippen molar-refractivity contribution in [2.24, 2.45) is 0 Å². The lowest BCUT2D eigenvalue weighted by Crippen LogP contribution is -2.58. The van der Waals surface area contributed by atoms with Gasteiger partial charge in [0.25, 0.3) is 0 Å². The Morgan fingerprint density at radius 1 is 1.00 bits per heavy atom. The van der Waals surface area contributed by atoms with Crippen LogP contribution < -0.4 is 0 Å². The van der Waals surface area contributed by atoms with Gasteiger partial charge in [0.2, 0.25) is 6.29 Å². The van der Waals surface area contributed by atoms with Gasteiger partial charge in [0.1, 0.15) is 12.2 Å². The highest BCUT2D eigenvalue weighted by Gasteiger charge is 2.47. The molecule has 0 radical (unpaired) electrons. The highest BCUT2D eigenvalue weighted by molar-refractivity contribution is 7.75. The predicted molar refractivity (Wildman–Crippen MR) is 64.0 cm³/mol. The van der Waals surface area contributed by atoms with E-state index < -0.39 is 30.9 Å². The van der Waals surface area contributed by atoms with Gasteiger partial charge in [0.15, 0.2) is 12.4 Å². The van der Waals surface area contributed by atoms with E-state index in [1.165, 1.54) is 0 Å². The van der Waals surface area contributed by atoms with Crippen molar-refractivity contribution in [2.75, 3.05) is 0 Å². The summed E-state index contributed by atoms with van der Waals surface area (Å²) >= 11 is 7.27. The van der Waals surface area contributed by atoms with E-state index >= 15 is 0 Å². The first-order chi connectivity index (χ1) is 7.19. The standard InChI is InChI=1S/C5H12O6P2S2/c6-1-2(8-12)3(10-14)5(11-15)7-4(1)9-13/h1-6,14-15H,12-13H2/t1-,2-,3+,4+,5+/m0/s1. The van der Waals surface area contributed by atoms with Crippen LogP contribution in [0.5, 0.6) is 0 Å². The van der Waals surface area contributed by atoms with Crippen molar-refractivity contribution in [2.45, 2.75) is 30.9 Å². The van der Waals surface area contributed by atoms with Gasteiger partial charge in [-0.05, 0) is 25.8 Å². The average molecular weight is 294 g/mol. The number of hydrogen-bond acceptors (Lipinski definition) is 8. The summed E-state index contributed by atoms with van der Waals surface area (Å²) in [7, 11) is 4.01. The maximum Gasteiger partial charge on any atom is 0.203 e. The second-order valence-electron chi connectivity index (χ2n) is 2.78. The molecule has 1 aliphatic rings. The van der Waals surface area contributed by atoms with Crippen LogP contribution in [0.2, 0.25) is 0 Å². The maximum absolute atomic E-state index is 9.75. The molecule has 1 fully saturated rings. The van der Waals surface area contributed by atoms with E-state index in [0.717, 1.165) is 0 Å². The fourth-order valence-corrected chi connectivity index (χ4v) is 2.19. The number of aliphatic hydroxyl groups is 1. The average Bonchev–Trinajstić information content (AvgIpc) is 2.28. The summed E-state index contributed by atoms with van der Waals surface area (Å²) in [6.45, 7) is 0. The summed E-state index contributed by atoms with van der Waals surface area (Å²) in [6.07, 6.45) is -4.24. The molecular weight excluding hydrogens is 282 g/mol. The van der Waals surface area contributed by atoms with Gasteiger partial charge in [0, 0.05) is 18.9 Å². The molecule has 0 aliphatic carbocycles. The Hall–Kier alpha value is 1.32. The van der Waals surface area contributed by atoms with E-state index in [1.807, 2.05) is 18.9 Å². The van der Waals surface area contributed by atoms with Crippen LogP contribution in [0.1, 0.15) is 0 Å². The molecule has 1 heterocycles. The number of rotatable bonds is 4. The first kappa shape index (κ1) is 14.4. The van der Waals surface area contributed by atoms with Gasteiger partial charge in [-0.3, -0.25) is 4.18 Å². The predicted octanol–water partition coefficient (Wildman–Crippen LogP) is 0.103. The van der Waals surface area contributed by atoms with E-state index in [-0.39, 0.29) is 0 Å². The van der Waals surface area contributed by atoms with Gasteiger partial charge >= 0.3 is 0 Å². The molecule has 0 amide bonds. The summed E-state index contributed by atoms with van der Waals surface area (Å²) < 4.78 is 24.5. The zero-order valence-corrected chi connectivity index (χ0v) is 11.5. The van der Waals surface area contributed by atoms with E-state index in [0.29, 0.717) is 0 Å². The maximum atomic E-state index is 9.75. The minimum Gasteiger partial charge on any atom is -0.385 e. The quantitative estimate of drug-likeness (QED) is 0.388. The molecule has 0 aromatic rings. The van der Waals surface area contributed by atoms with Crippen LogP contribution >= 0.6 is 44.8 Å². The molecule has 0 spiro atoms. The Labute approximate surface area is 103 Å². The van der Waals surface area contributed by atoms with Crippen molar-refractivity contribution in [1.82, 2.24) is 0 Å². The van der Waals surface area contributed by atoms with Gasteiger partial charge < -0.3 is 23.1 Å². The van der Waals surface area contributed by atoms with Crippen molar-refractivity contribution in [3.8, 4) is 0 Å². The SMILES string of the molecule is O[C@@H]1[C@@H](OP)O[C@H](OS)[C@H](OS)[C@H]1OP. The third-order valence-corrected chi connectivity index (χ3v) is 3.03. The van der Waals surface area contributed by atoms with E-state index in [1.54, 1.807) is 0 Å². The molecule has 1 aliphatic heterocycles. The summed E-state index contributed by atoms with van der Waals surface area (Å²) in [5.74, 6) is 0. The topological polar surface area (TPSA) is 66.4 Å². The van der Waals surface area contributed by atoms with Crippen LogP contribution in [-0.4, -0.2) is 36.0 Å². The van der Waals surface area contributed by atoms with Crippen LogP contribution in [0, 0.1) is 0 Å². The first-order valence-electron chi connectivity index (χ1n) is 3.84. The van der Waals surface area contributed by atoms with Crippen LogP contribution in [0.3, 0.4) is 0 Å². The largest absolute Gasteiger partial charge is 0.385 e. The normalized spacial score (nSPS) is 41.8. The van der Waals surface area contributed by atoms with Crippen LogP contribution in [0.25, 0.3) is 0 Å². The number of ether oxygens (including phenoxy) is 1. The summed E-state index contributed by atoms with van der Waals surface area (Å²) in [6, 6.07) is 0. The Bertz CT molecular complexity index is 200. The monoisotopic (exact) mass is 294 g/mol. The van der Waals surface area contributed by atoms with Gasteiger partial charge in [-0.15, -0.1) is 0 Å². The molecule has 6 nitrogen and oxygen atoms in total. The molecule has 1 saturated heterocycles. The Balaban J connectivity index is 2.78. The van der Waals surface area contributed by atoms with Crippen molar-refractivity contribution < 1.29 is 27.3 Å². The molecule has 90 valence electrons. The second-order valence-corrected chi connectivity index (χ2v) is 3.74. The van der Waals surface area contributed by atoms with Crippen molar-refractivity contribution in [3.05, 3.63) is 0 Å². The lowest BCUT2D eigenvalue weighted by atomic mass is 10.0. The van der Waals surface area contributed by atoms with Gasteiger partial charge in [-0.25, -0.2) is 0 Å². The molecular formula is C5H12O6P2S2. The van der Waals surface area contributed by atoms with Gasteiger partial charge in [0.05, 0.1) is 0 Å². The van der Waals surface area contributed by atoms with E-state index in [4.69, 9.17) is 22.2 Å². The third kappa shape index (κ3) is 3.16. The molecule has 0 bridgehead atoms. The first-order valence-corrected chi connectivity index (χ1v) is 5.52. The van der Waals surface area contributed by atoms with Crippen LogP contribution in [-0.2, 0) is 22.2 Å². The molecule has 0 aromatic heterocycles. The lowest BCUT2D eigenvalue weighted by molar-refractivity contribution is -0.296. The van der Waals surface area contributed by atoms with Crippen LogP contribution in [0.15, 0.2) is 0 Å². The smallest absolute Gasteiger partial charge is 0.203 e. The minimum absolute atomic E-state index is 0.719.